The fraction of sp³-hybridized carbons (Fsp3) is 0.750. The highest BCUT2D eigenvalue weighted by Crippen LogP contribution is 1.97. The van der Waals surface area contributed by atoms with Crippen molar-refractivity contribution in [3.63, 3.8) is 0 Å². The van der Waals surface area contributed by atoms with Gasteiger partial charge in [0.25, 0.3) is 0 Å². The van der Waals surface area contributed by atoms with E-state index in [0.29, 0.717) is 18.1 Å². The van der Waals surface area contributed by atoms with Gasteiger partial charge in [-0.25, -0.2) is 0 Å². The number of aliphatic hydroxyl groups is 1. The lowest BCUT2D eigenvalue weighted by Gasteiger charge is -2.08. The van der Waals surface area contributed by atoms with Crippen LogP contribution in [0.2, 0.25) is 0 Å². The van der Waals surface area contributed by atoms with Gasteiger partial charge in [-0.3, -0.25) is 4.79 Å². The summed E-state index contributed by atoms with van der Waals surface area (Å²) in [6, 6.07) is 1.94. The van der Waals surface area contributed by atoms with Crippen LogP contribution in [0, 0.1) is 17.2 Å². The number of nitriles is 1. The molecule has 0 aromatic heterocycles. The lowest BCUT2D eigenvalue weighted by molar-refractivity contribution is -0.118. The first-order valence-corrected chi connectivity index (χ1v) is 5.18. The van der Waals surface area contributed by atoms with Crippen LogP contribution in [0.15, 0.2) is 0 Å². The SMILES string of the molecule is CC(CO)CNC(=O)CSCC#N. The number of hydrogen-bond donors (Lipinski definition) is 2. The second kappa shape index (κ2) is 7.90. The van der Waals surface area contributed by atoms with Crippen LogP contribution >= 0.6 is 11.8 Å². The van der Waals surface area contributed by atoms with Gasteiger partial charge in [0.1, 0.15) is 0 Å². The highest BCUT2D eigenvalue weighted by Gasteiger charge is 2.03. The van der Waals surface area contributed by atoms with E-state index >= 15 is 0 Å². The van der Waals surface area contributed by atoms with E-state index in [-0.39, 0.29) is 18.4 Å². The zero-order valence-corrected chi connectivity index (χ0v) is 8.43. The van der Waals surface area contributed by atoms with Crippen molar-refractivity contribution < 1.29 is 9.90 Å². The monoisotopic (exact) mass is 202 g/mol. The molecule has 1 amide bonds. The molecule has 0 saturated heterocycles. The van der Waals surface area contributed by atoms with Crippen LogP contribution in [0.5, 0.6) is 0 Å². The Hall–Kier alpha value is -0.730. The maximum atomic E-state index is 11.0. The van der Waals surface area contributed by atoms with E-state index in [0.717, 1.165) is 0 Å². The molecular formula is C8H14N2O2S. The van der Waals surface area contributed by atoms with E-state index in [1.165, 1.54) is 11.8 Å². The molecule has 0 aliphatic carbocycles. The first kappa shape index (κ1) is 12.3. The number of carbonyl (C=O) groups excluding carboxylic acids is 1. The third-order valence-corrected chi connectivity index (χ3v) is 2.16. The average Bonchev–Trinajstić information content (AvgIpc) is 2.14. The molecule has 1 atom stereocenters. The highest BCUT2D eigenvalue weighted by atomic mass is 32.2. The summed E-state index contributed by atoms with van der Waals surface area (Å²) >= 11 is 1.28. The number of rotatable bonds is 6. The summed E-state index contributed by atoms with van der Waals surface area (Å²) in [5, 5.41) is 19.5. The molecule has 13 heavy (non-hydrogen) atoms. The smallest absolute Gasteiger partial charge is 0.230 e. The number of carbonyl (C=O) groups is 1. The minimum absolute atomic E-state index is 0.0750. The minimum atomic E-state index is -0.0828. The Morgan fingerprint density at radius 1 is 1.77 bits per heavy atom. The second-order valence-corrected chi connectivity index (χ2v) is 3.73. The normalized spacial score (nSPS) is 11.8. The van der Waals surface area contributed by atoms with Crippen molar-refractivity contribution in [3.05, 3.63) is 0 Å². The lowest BCUT2D eigenvalue weighted by Crippen LogP contribution is -2.30. The summed E-state index contributed by atoms with van der Waals surface area (Å²) in [5.74, 6) is 0.653. The third kappa shape index (κ3) is 7.62. The van der Waals surface area contributed by atoms with E-state index in [1.807, 2.05) is 13.0 Å². The number of amides is 1. The molecule has 0 fully saturated rings. The average molecular weight is 202 g/mol. The molecule has 0 radical (unpaired) electrons. The molecule has 0 aliphatic rings. The molecule has 0 bridgehead atoms. The van der Waals surface area contributed by atoms with Crippen molar-refractivity contribution in [3.8, 4) is 6.07 Å². The van der Waals surface area contributed by atoms with Gasteiger partial charge in [-0.1, -0.05) is 6.92 Å². The van der Waals surface area contributed by atoms with Gasteiger partial charge in [0.15, 0.2) is 0 Å². The maximum absolute atomic E-state index is 11.0. The number of hydrogen-bond acceptors (Lipinski definition) is 4. The molecule has 4 nitrogen and oxygen atoms in total. The molecule has 0 saturated carbocycles. The summed E-state index contributed by atoms with van der Waals surface area (Å²) in [5.41, 5.74) is 0. The Labute approximate surface area is 82.3 Å². The Kier molecular flexibility index (Phi) is 7.45. The molecule has 74 valence electrons. The summed E-state index contributed by atoms with van der Waals surface area (Å²) < 4.78 is 0. The molecule has 2 N–H and O–H groups in total. The van der Waals surface area contributed by atoms with Gasteiger partial charge in [-0.05, 0) is 5.92 Å². The van der Waals surface area contributed by atoms with Crippen molar-refractivity contribution in [1.29, 1.82) is 5.26 Å². The number of nitrogens with zero attached hydrogens (tertiary/aromatic N) is 1. The van der Waals surface area contributed by atoms with Crippen molar-refractivity contribution in [1.82, 2.24) is 5.32 Å². The third-order valence-electron chi connectivity index (χ3n) is 1.36. The van der Waals surface area contributed by atoms with E-state index < -0.39 is 0 Å². The summed E-state index contributed by atoms with van der Waals surface area (Å²) in [6.07, 6.45) is 0. The van der Waals surface area contributed by atoms with Gasteiger partial charge >= 0.3 is 0 Å². The standard InChI is InChI=1S/C8H14N2O2S/c1-7(5-11)4-10-8(12)6-13-3-2-9/h7,11H,3-6H2,1H3,(H,10,12). The number of thioether (sulfide) groups is 1. The predicted molar refractivity (Wildman–Crippen MR) is 52.2 cm³/mol. The molecule has 0 rings (SSSR count). The van der Waals surface area contributed by atoms with E-state index in [4.69, 9.17) is 10.4 Å². The van der Waals surface area contributed by atoms with E-state index in [2.05, 4.69) is 5.32 Å². The van der Waals surface area contributed by atoms with E-state index in [1.54, 1.807) is 0 Å². The Bertz CT molecular complexity index is 191. The Balaban J connectivity index is 3.36. The fourth-order valence-corrected chi connectivity index (χ4v) is 1.07. The van der Waals surface area contributed by atoms with Gasteiger partial charge < -0.3 is 10.4 Å². The Morgan fingerprint density at radius 2 is 2.46 bits per heavy atom. The second-order valence-electron chi connectivity index (χ2n) is 2.74. The first-order valence-electron chi connectivity index (χ1n) is 4.03. The molecule has 0 aliphatic heterocycles. The zero-order valence-electron chi connectivity index (χ0n) is 7.62. The molecule has 0 aromatic carbocycles. The first-order chi connectivity index (χ1) is 6.20. The fourth-order valence-electron chi connectivity index (χ4n) is 0.593. The zero-order chi connectivity index (χ0) is 10.1. The molecule has 0 aromatic rings. The van der Waals surface area contributed by atoms with Crippen LogP contribution in [-0.4, -0.2) is 35.7 Å². The van der Waals surface area contributed by atoms with Gasteiger partial charge in [0.2, 0.25) is 5.91 Å². The molecule has 0 heterocycles. The maximum Gasteiger partial charge on any atom is 0.230 e. The lowest BCUT2D eigenvalue weighted by atomic mass is 10.2. The topological polar surface area (TPSA) is 73.1 Å². The van der Waals surface area contributed by atoms with Gasteiger partial charge in [0.05, 0.1) is 17.6 Å². The van der Waals surface area contributed by atoms with Crippen LogP contribution in [0.4, 0.5) is 0 Å². The minimum Gasteiger partial charge on any atom is -0.396 e. The van der Waals surface area contributed by atoms with Gasteiger partial charge in [-0.2, -0.15) is 5.26 Å². The van der Waals surface area contributed by atoms with Gasteiger partial charge in [-0.15, -0.1) is 11.8 Å². The predicted octanol–water partition coefficient (Wildman–Crippen LogP) is -0.0122. The Morgan fingerprint density at radius 3 is 3.00 bits per heavy atom. The largest absolute Gasteiger partial charge is 0.396 e. The molecule has 5 heteroatoms. The molecule has 1 unspecified atom stereocenters. The van der Waals surface area contributed by atoms with Crippen molar-refractivity contribution in [2.45, 2.75) is 6.92 Å². The van der Waals surface area contributed by atoms with Crippen molar-refractivity contribution in [2.75, 3.05) is 24.7 Å². The van der Waals surface area contributed by atoms with Gasteiger partial charge in [0, 0.05) is 13.2 Å². The molecule has 0 spiro atoms. The van der Waals surface area contributed by atoms with E-state index in [9.17, 15) is 4.79 Å². The number of nitrogens with one attached hydrogen (secondary N) is 1. The van der Waals surface area contributed by atoms with Crippen LogP contribution in [0.1, 0.15) is 6.92 Å². The van der Waals surface area contributed by atoms with Crippen molar-refractivity contribution >= 4 is 17.7 Å². The summed E-state index contributed by atoms with van der Waals surface area (Å²) in [6.45, 7) is 2.41. The molecular weight excluding hydrogens is 188 g/mol. The summed E-state index contributed by atoms with van der Waals surface area (Å²) in [4.78, 5) is 11.0. The highest BCUT2D eigenvalue weighted by molar-refractivity contribution is 8.00. The van der Waals surface area contributed by atoms with Crippen LogP contribution in [-0.2, 0) is 4.79 Å². The summed E-state index contributed by atoms with van der Waals surface area (Å²) in [7, 11) is 0. The van der Waals surface area contributed by atoms with Crippen LogP contribution in [0.3, 0.4) is 0 Å². The van der Waals surface area contributed by atoms with Crippen LogP contribution < -0.4 is 5.32 Å². The van der Waals surface area contributed by atoms with Crippen LogP contribution in [0.25, 0.3) is 0 Å². The number of aliphatic hydroxyl groups excluding tert-OH is 1. The quantitative estimate of drug-likeness (QED) is 0.594. The van der Waals surface area contributed by atoms with Crippen molar-refractivity contribution in [2.24, 2.45) is 5.92 Å².